The van der Waals surface area contributed by atoms with E-state index in [1.54, 1.807) is 19.1 Å². The number of aromatic nitrogens is 2. The molecule has 0 saturated heterocycles. The van der Waals surface area contributed by atoms with Gasteiger partial charge < -0.3 is 5.11 Å². The highest BCUT2D eigenvalue weighted by Crippen LogP contribution is 2.22. The molecule has 0 radical (unpaired) electrons. The van der Waals surface area contributed by atoms with Gasteiger partial charge in [0.15, 0.2) is 0 Å². The van der Waals surface area contributed by atoms with E-state index in [0.717, 1.165) is 11.5 Å². The van der Waals surface area contributed by atoms with E-state index in [9.17, 15) is 13.5 Å². The maximum atomic E-state index is 12.2. The number of nitrogens with one attached hydrogen (secondary N) is 1. The Morgan fingerprint density at radius 3 is 2.80 bits per heavy atom. The molecule has 0 bridgehead atoms. The van der Waals surface area contributed by atoms with Crippen molar-refractivity contribution < 1.29 is 13.5 Å². The van der Waals surface area contributed by atoms with E-state index in [0.29, 0.717) is 17.8 Å². The Hall–Kier alpha value is -1.51. The molecular formula is C12H15N3O3S2. The third-order valence-electron chi connectivity index (χ3n) is 2.69. The summed E-state index contributed by atoms with van der Waals surface area (Å²) in [5, 5.41) is 10.0. The number of sulfonamides is 1. The first-order valence-corrected chi connectivity index (χ1v) is 8.29. The lowest BCUT2D eigenvalue weighted by Gasteiger charge is -2.10. The fraction of sp³-hybridized carbons (Fsp3) is 0.333. The van der Waals surface area contributed by atoms with Gasteiger partial charge in [-0.3, -0.25) is 4.72 Å². The summed E-state index contributed by atoms with van der Waals surface area (Å²) in [6.45, 7) is 3.51. The van der Waals surface area contributed by atoms with Crippen LogP contribution in [-0.2, 0) is 10.0 Å². The van der Waals surface area contributed by atoms with Gasteiger partial charge in [0.2, 0.25) is 5.13 Å². The molecule has 8 heteroatoms. The molecule has 0 saturated carbocycles. The van der Waals surface area contributed by atoms with Crippen molar-refractivity contribution in [3.05, 3.63) is 35.7 Å². The number of hydrogen-bond acceptors (Lipinski definition) is 6. The Morgan fingerprint density at radius 2 is 2.20 bits per heavy atom. The second-order valence-electron chi connectivity index (χ2n) is 4.25. The first kappa shape index (κ1) is 14.9. The summed E-state index contributed by atoms with van der Waals surface area (Å²) in [5.74, 6) is 0.517. The van der Waals surface area contributed by atoms with Gasteiger partial charge in [-0.1, -0.05) is 19.1 Å². The summed E-state index contributed by atoms with van der Waals surface area (Å²) in [4.78, 5) is 4.06. The number of benzene rings is 1. The van der Waals surface area contributed by atoms with Crippen LogP contribution in [0.4, 0.5) is 5.13 Å². The van der Waals surface area contributed by atoms with Crippen LogP contribution in [0.1, 0.15) is 30.8 Å². The van der Waals surface area contributed by atoms with E-state index in [-0.39, 0.29) is 10.0 Å². The van der Waals surface area contributed by atoms with Crippen molar-refractivity contribution in [2.24, 2.45) is 0 Å². The average molecular weight is 313 g/mol. The average Bonchev–Trinajstić information content (AvgIpc) is 2.82. The number of rotatable bonds is 5. The Bertz CT molecular complexity index is 697. The molecule has 0 aliphatic rings. The molecule has 1 atom stereocenters. The molecule has 1 heterocycles. The normalized spacial score (nSPS) is 13.2. The highest BCUT2D eigenvalue weighted by atomic mass is 32.2. The first-order valence-electron chi connectivity index (χ1n) is 6.03. The maximum Gasteiger partial charge on any atom is 0.263 e. The van der Waals surface area contributed by atoms with Gasteiger partial charge in [0.05, 0.1) is 11.0 Å². The highest BCUT2D eigenvalue weighted by molar-refractivity contribution is 7.93. The molecule has 0 aliphatic heterocycles. The molecule has 1 aromatic carbocycles. The van der Waals surface area contributed by atoms with E-state index in [1.807, 2.05) is 6.92 Å². The zero-order valence-electron chi connectivity index (χ0n) is 11.1. The van der Waals surface area contributed by atoms with Crippen LogP contribution in [0.15, 0.2) is 29.2 Å². The van der Waals surface area contributed by atoms with E-state index >= 15 is 0 Å². The minimum Gasteiger partial charge on any atom is -0.388 e. The number of anilines is 1. The quantitative estimate of drug-likeness (QED) is 0.882. The largest absolute Gasteiger partial charge is 0.388 e. The summed E-state index contributed by atoms with van der Waals surface area (Å²) < 4.78 is 30.7. The van der Waals surface area contributed by atoms with E-state index in [2.05, 4.69) is 14.1 Å². The van der Waals surface area contributed by atoms with Crippen molar-refractivity contribution in [2.75, 3.05) is 4.72 Å². The van der Waals surface area contributed by atoms with Crippen molar-refractivity contribution in [1.82, 2.24) is 9.36 Å². The number of hydrogen-bond donors (Lipinski definition) is 2. The lowest BCUT2D eigenvalue weighted by atomic mass is 10.1. The molecule has 2 rings (SSSR count). The van der Waals surface area contributed by atoms with Crippen LogP contribution in [-0.4, -0.2) is 22.9 Å². The molecular weight excluding hydrogens is 298 g/mol. The van der Waals surface area contributed by atoms with Gasteiger partial charge in [-0.25, -0.2) is 13.4 Å². The molecule has 1 aromatic heterocycles. The molecule has 0 amide bonds. The van der Waals surface area contributed by atoms with Crippen LogP contribution in [0, 0.1) is 6.92 Å². The fourth-order valence-corrected chi connectivity index (χ4v) is 3.49. The Kier molecular flexibility index (Phi) is 4.36. The van der Waals surface area contributed by atoms with Crippen molar-refractivity contribution in [1.29, 1.82) is 0 Å². The molecule has 0 spiro atoms. The van der Waals surface area contributed by atoms with Crippen LogP contribution < -0.4 is 4.72 Å². The summed E-state index contributed by atoms with van der Waals surface area (Å²) in [6, 6.07) is 6.24. The zero-order chi connectivity index (χ0) is 14.8. The summed E-state index contributed by atoms with van der Waals surface area (Å²) in [7, 11) is -3.72. The SMILES string of the molecule is CCC(O)c1cccc(S(=O)(=O)Nc2nc(C)ns2)c1. The smallest absolute Gasteiger partial charge is 0.263 e. The lowest BCUT2D eigenvalue weighted by Crippen LogP contribution is -2.13. The van der Waals surface area contributed by atoms with E-state index in [4.69, 9.17) is 0 Å². The second-order valence-corrected chi connectivity index (χ2v) is 6.68. The lowest BCUT2D eigenvalue weighted by molar-refractivity contribution is 0.173. The first-order chi connectivity index (χ1) is 9.42. The minimum absolute atomic E-state index is 0.0929. The Balaban J connectivity index is 2.29. The second kappa shape index (κ2) is 5.86. The monoisotopic (exact) mass is 313 g/mol. The standard InChI is InChI=1S/C12H15N3O3S2/c1-3-11(16)9-5-4-6-10(7-9)20(17,18)15-12-13-8(2)14-19-12/h4-7,11,16H,3H2,1-2H3,(H,13,14,15). The third-order valence-corrected chi connectivity index (χ3v) is 4.88. The molecule has 2 N–H and O–H groups in total. The third kappa shape index (κ3) is 3.33. The van der Waals surface area contributed by atoms with Crippen LogP contribution >= 0.6 is 11.5 Å². The van der Waals surface area contributed by atoms with Gasteiger partial charge in [-0.15, -0.1) is 0 Å². The molecule has 108 valence electrons. The molecule has 2 aromatic rings. The predicted octanol–water partition coefficient (Wildman–Crippen LogP) is 2.09. The number of aliphatic hydroxyl groups excluding tert-OH is 1. The van der Waals surface area contributed by atoms with E-state index in [1.165, 1.54) is 12.1 Å². The number of aliphatic hydroxyl groups is 1. The van der Waals surface area contributed by atoms with Gasteiger partial charge in [0.1, 0.15) is 5.82 Å². The molecule has 20 heavy (non-hydrogen) atoms. The minimum atomic E-state index is -3.72. The Labute approximate surface area is 121 Å². The summed E-state index contributed by atoms with van der Waals surface area (Å²) in [6.07, 6.45) is -0.152. The van der Waals surface area contributed by atoms with Crippen LogP contribution in [0.25, 0.3) is 0 Å². The predicted molar refractivity (Wildman–Crippen MR) is 77.1 cm³/mol. The van der Waals surface area contributed by atoms with E-state index < -0.39 is 16.1 Å². The van der Waals surface area contributed by atoms with Crippen LogP contribution in [0.5, 0.6) is 0 Å². The van der Waals surface area contributed by atoms with Crippen LogP contribution in [0.2, 0.25) is 0 Å². The topological polar surface area (TPSA) is 92.2 Å². The maximum absolute atomic E-state index is 12.2. The molecule has 0 aliphatic carbocycles. The molecule has 1 unspecified atom stereocenters. The van der Waals surface area contributed by atoms with Gasteiger partial charge >= 0.3 is 0 Å². The summed E-state index contributed by atoms with van der Waals surface area (Å²) in [5.41, 5.74) is 0.573. The number of nitrogens with zero attached hydrogens (tertiary/aromatic N) is 2. The fourth-order valence-electron chi connectivity index (χ4n) is 1.64. The molecule has 0 fully saturated rings. The summed E-state index contributed by atoms with van der Waals surface area (Å²) >= 11 is 0.985. The van der Waals surface area contributed by atoms with Gasteiger partial charge in [0.25, 0.3) is 10.0 Å². The van der Waals surface area contributed by atoms with Crippen molar-refractivity contribution >= 4 is 26.7 Å². The number of aryl methyl sites for hydroxylation is 1. The zero-order valence-corrected chi connectivity index (χ0v) is 12.7. The van der Waals surface area contributed by atoms with Crippen molar-refractivity contribution in [2.45, 2.75) is 31.3 Å². The van der Waals surface area contributed by atoms with Gasteiger partial charge in [-0.2, -0.15) is 4.37 Å². The highest BCUT2D eigenvalue weighted by Gasteiger charge is 2.18. The van der Waals surface area contributed by atoms with Gasteiger partial charge in [0, 0.05) is 11.5 Å². The van der Waals surface area contributed by atoms with Crippen molar-refractivity contribution in [3.63, 3.8) is 0 Å². The van der Waals surface area contributed by atoms with Crippen LogP contribution in [0.3, 0.4) is 0 Å². The van der Waals surface area contributed by atoms with Gasteiger partial charge in [-0.05, 0) is 31.0 Å². The van der Waals surface area contributed by atoms with Crippen molar-refractivity contribution in [3.8, 4) is 0 Å². The molecule has 6 nitrogen and oxygen atoms in total. The Morgan fingerprint density at radius 1 is 1.45 bits per heavy atom.